The normalized spacial score (nSPS) is 10.2. The van der Waals surface area contributed by atoms with Crippen molar-refractivity contribution in [3.63, 3.8) is 0 Å². The number of nitrogens with zero attached hydrogens (tertiary/aromatic N) is 1. The average Bonchev–Trinajstić information content (AvgIpc) is 2.40. The average molecular weight is 265 g/mol. The number of carboxylic acids is 1. The molecule has 0 fully saturated rings. The molecule has 6 heteroatoms. The van der Waals surface area contributed by atoms with Crippen LogP contribution in [0.2, 0.25) is 0 Å². The zero-order valence-corrected chi connectivity index (χ0v) is 9.64. The van der Waals surface area contributed by atoms with Crippen LogP contribution < -0.4 is 4.74 Å². The summed E-state index contributed by atoms with van der Waals surface area (Å²) in [6.45, 7) is -0.212. The number of rotatable bonds is 4. The van der Waals surface area contributed by atoms with E-state index in [4.69, 9.17) is 9.84 Å². The Morgan fingerprint density at radius 1 is 1.32 bits per heavy atom. The van der Waals surface area contributed by atoms with E-state index < -0.39 is 17.6 Å². The maximum absolute atomic E-state index is 13.3. The molecule has 2 rings (SSSR count). The Morgan fingerprint density at radius 2 is 2.11 bits per heavy atom. The number of aromatic nitrogens is 1. The van der Waals surface area contributed by atoms with Crippen LogP contribution in [0.25, 0.3) is 0 Å². The SMILES string of the molecule is O=C(O)c1ncccc1COc1cc(F)ccc1F. The molecule has 0 spiro atoms. The molecule has 1 aromatic heterocycles. The van der Waals surface area contributed by atoms with Crippen molar-refractivity contribution in [2.24, 2.45) is 0 Å². The van der Waals surface area contributed by atoms with Gasteiger partial charge in [-0.25, -0.2) is 18.6 Å². The maximum Gasteiger partial charge on any atom is 0.354 e. The first-order valence-electron chi connectivity index (χ1n) is 5.33. The second-order valence-electron chi connectivity index (χ2n) is 3.68. The van der Waals surface area contributed by atoms with Crippen LogP contribution in [0.5, 0.6) is 5.75 Å². The highest BCUT2D eigenvalue weighted by Gasteiger charge is 2.12. The van der Waals surface area contributed by atoms with Gasteiger partial charge in [-0.15, -0.1) is 0 Å². The highest BCUT2D eigenvalue weighted by molar-refractivity contribution is 5.86. The van der Waals surface area contributed by atoms with Crippen molar-refractivity contribution in [3.8, 4) is 5.75 Å². The fourth-order valence-electron chi connectivity index (χ4n) is 1.49. The maximum atomic E-state index is 13.3. The Labute approximate surface area is 107 Å². The summed E-state index contributed by atoms with van der Waals surface area (Å²) >= 11 is 0. The molecule has 0 aliphatic heterocycles. The van der Waals surface area contributed by atoms with E-state index in [2.05, 4.69) is 4.98 Å². The molecule has 1 aromatic carbocycles. The van der Waals surface area contributed by atoms with Gasteiger partial charge in [0.25, 0.3) is 0 Å². The number of hydrogen-bond donors (Lipinski definition) is 1. The standard InChI is InChI=1S/C13H9F2NO3/c14-9-3-4-10(15)11(6-9)19-7-8-2-1-5-16-12(8)13(17)18/h1-6H,7H2,(H,17,18). The largest absolute Gasteiger partial charge is 0.486 e. The van der Waals surface area contributed by atoms with Crippen molar-refractivity contribution in [3.05, 3.63) is 59.4 Å². The van der Waals surface area contributed by atoms with Gasteiger partial charge in [-0.05, 0) is 18.2 Å². The molecule has 0 saturated carbocycles. The summed E-state index contributed by atoms with van der Waals surface area (Å²) in [6, 6.07) is 5.83. The van der Waals surface area contributed by atoms with E-state index in [0.717, 1.165) is 18.2 Å². The predicted octanol–water partition coefficient (Wildman–Crippen LogP) is 2.64. The Hall–Kier alpha value is -2.50. The van der Waals surface area contributed by atoms with Crippen LogP contribution in [0.15, 0.2) is 36.5 Å². The molecule has 0 unspecified atom stereocenters. The van der Waals surface area contributed by atoms with Crippen molar-refractivity contribution in [1.29, 1.82) is 0 Å². The van der Waals surface area contributed by atoms with Crippen LogP contribution in [-0.2, 0) is 6.61 Å². The Bertz CT molecular complexity index is 617. The van der Waals surface area contributed by atoms with Crippen LogP contribution >= 0.6 is 0 Å². The second kappa shape index (κ2) is 5.43. The monoisotopic (exact) mass is 265 g/mol. The number of hydrogen-bond acceptors (Lipinski definition) is 3. The Balaban J connectivity index is 2.19. The summed E-state index contributed by atoms with van der Waals surface area (Å²) in [6.07, 6.45) is 1.33. The molecule has 19 heavy (non-hydrogen) atoms. The number of aromatic carboxylic acids is 1. The third kappa shape index (κ3) is 3.04. The van der Waals surface area contributed by atoms with Gasteiger partial charge in [0, 0.05) is 17.8 Å². The minimum absolute atomic E-state index is 0.181. The van der Waals surface area contributed by atoms with Gasteiger partial charge in [0.1, 0.15) is 12.4 Å². The van der Waals surface area contributed by atoms with Crippen molar-refractivity contribution in [1.82, 2.24) is 4.98 Å². The van der Waals surface area contributed by atoms with Crippen molar-refractivity contribution in [2.75, 3.05) is 0 Å². The first-order chi connectivity index (χ1) is 9.08. The lowest BCUT2D eigenvalue weighted by atomic mass is 10.2. The zero-order valence-electron chi connectivity index (χ0n) is 9.64. The lowest BCUT2D eigenvalue weighted by Gasteiger charge is -2.08. The molecule has 1 heterocycles. The van der Waals surface area contributed by atoms with Crippen LogP contribution in [0.3, 0.4) is 0 Å². The lowest BCUT2D eigenvalue weighted by Crippen LogP contribution is -2.08. The molecule has 4 nitrogen and oxygen atoms in total. The van der Waals surface area contributed by atoms with Crippen LogP contribution in [0, 0.1) is 11.6 Å². The fourth-order valence-corrected chi connectivity index (χ4v) is 1.49. The summed E-state index contributed by atoms with van der Waals surface area (Å²) in [5.41, 5.74) is 0.0953. The zero-order chi connectivity index (χ0) is 13.8. The highest BCUT2D eigenvalue weighted by Crippen LogP contribution is 2.19. The summed E-state index contributed by atoms with van der Waals surface area (Å²) in [5.74, 6) is -2.85. The van der Waals surface area contributed by atoms with E-state index in [-0.39, 0.29) is 23.6 Å². The topological polar surface area (TPSA) is 59.4 Å². The first kappa shape index (κ1) is 12.9. The molecule has 2 aromatic rings. The molecule has 0 aliphatic carbocycles. The molecule has 0 bridgehead atoms. The van der Waals surface area contributed by atoms with Gasteiger partial charge in [0.15, 0.2) is 17.3 Å². The Kier molecular flexibility index (Phi) is 3.70. The van der Waals surface area contributed by atoms with E-state index in [1.165, 1.54) is 18.3 Å². The van der Waals surface area contributed by atoms with Gasteiger partial charge in [-0.2, -0.15) is 0 Å². The number of carboxylic acid groups (broad SMARTS) is 1. The molecule has 0 aliphatic rings. The smallest absolute Gasteiger partial charge is 0.354 e. The van der Waals surface area contributed by atoms with Gasteiger partial charge < -0.3 is 9.84 Å². The van der Waals surface area contributed by atoms with Gasteiger partial charge in [-0.1, -0.05) is 6.07 Å². The Morgan fingerprint density at radius 3 is 2.84 bits per heavy atom. The molecular formula is C13H9F2NO3. The molecule has 1 N–H and O–H groups in total. The number of pyridine rings is 1. The third-order valence-electron chi connectivity index (χ3n) is 2.37. The summed E-state index contributed by atoms with van der Waals surface area (Å²) in [5, 5.41) is 8.91. The van der Waals surface area contributed by atoms with Gasteiger partial charge in [0.2, 0.25) is 0 Å². The van der Waals surface area contributed by atoms with Gasteiger partial charge in [-0.3, -0.25) is 0 Å². The number of benzene rings is 1. The second-order valence-corrected chi connectivity index (χ2v) is 3.68. The molecular weight excluding hydrogens is 256 g/mol. The minimum atomic E-state index is -1.21. The van der Waals surface area contributed by atoms with Gasteiger partial charge >= 0.3 is 5.97 Å². The van der Waals surface area contributed by atoms with Crippen molar-refractivity contribution < 1.29 is 23.4 Å². The number of halogens is 2. The fraction of sp³-hybridized carbons (Fsp3) is 0.0769. The molecule has 0 saturated heterocycles. The third-order valence-corrected chi connectivity index (χ3v) is 2.37. The highest BCUT2D eigenvalue weighted by atomic mass is 19.1. The quantitative estimate of drug-likeness (QED) is 0.923. The van der Waals surface area contributed by atoms with E-state index in [1.54, 1.807) is 0 Å². The summed E-state index contributed by atoms with van der Waals surface area (Å²) in [4.78, 5) is 14.6. The van der Waals surface area contributed by atoms with E-state index in [9.17, 15) is 13.6 Å². The number of ether oxygens (including phenoxy) is 1. The van der Waals surface area contributed by atoms with E-state index >= 15 is 0 Å². The minimum Gasteiger partial charge on any atom is -0.486 e. The molecule has 0 radical (unpaired) electrons. The molecule has 0 atom stereocenters. The summed E-state index contributed by atoms with van der Waals surface area (Å²) in [7, 11) is 0. The lowest BCUT2D eigenvalue weighted by molar-refractivity contribution is 0.0687. The van der Waals surface area contributed by atoms with Crippen LogP contribution in [-0.4, -0.2) is 16.1 Å². The van der Waals surface area contributed by atoms with Gasteiger partial charge in [0.05, 0.1) is 0 Å². The van der Waals surface area contributed by atoms with Crippen molar-refractivity contribution in [2.45, 2.75) is 6.61 Å². The predicted molar refractivity (Wildman–Crippen MR) is 61.9 cm³/mol. The molecule has 98 valence electrons. The van der Waals surface area contributed by atoms with E-state index in [1.807, 2.05) is 0 Å². The first-order valence-corrected chi connectivity index (χ1v) is 5.33. The van der Waals surface area contributed by atoms with Crippen LogP contribution in [0.4, 0.5) is 8.78 Å². The van der Waals surface area contributed by atoms with Crippen LogP contribution in [0.1, 0.15) is 16.1 Å². The van der Waals surface area contributed by atoms with E-state index in [0.29, 0.717) is 0 Å². The molecule has 0 amide bonds. The van der Waals surface area contributed by atoms with Crippen molar-refractivity contribution >= 4 is 5.97 Å². The number of carbonyl (C=O) groups is 1. The summed E-state index contributed by atoms with van der Waals surface area (Å²) < 4.78 is 31.3.